The maximum atomic E-state index is 6.03. The Hall–Kier alpha value is -1.86. The van der Waals surface area contributed by atoms with Gasteiger partial charge in [0.1, 0.15) is 0 Å². The van der Waals surface area contributed by atoms with Gasteiger partial charge in [0, 0.05) is 11.5 Å². The Kier molecular flexibility index (Phi) is 3.22. The van der Waals surface area contributed by atoms with Crippen LogP contribution in [0.25, 0.3) is 0 Å². The minimum Gasteiger partial charge on any atom is -0.324 e. The molecule has 2 N–H and O–H groups in total. The smallest absolute Gasteiger partial charge is 0.0383 e. The molecule has 1 unspecified atom stereocenters. The first-order valence-corrected chi connectivity index (χ1v) is 6.87. The van der Waals surface area contributed by atoms with Gasteiger partial charge in [-0.05, 0) is 24.0 Å². The SMILES string of the molecule is NC1C=CC(c2ccccc2)(c2ccccc2)CC1. The van der Waals surface area contributed by atoms with Crippen LogP contribution in [0.15, 0.2) is 72.8 Å². The lowest BCUT2D eigenvalue weighted by atomic mass is 9.68. The highest BCUT2D eigenvalue weighted by molar-refractivity contribution is 5.45. The molecule has 2 aromatic rings. The largest absolute Gasteiger partial charge is 0.324 e. The van der Waals surface area contributed by atoms with Crippen molar-refractivity contribution in [3.8, 4) is 0 Å². The van der Waals surface area contributed by atoms with Crippen LogP contribution < -0.4 is 5.73 Å². The number of benzene rings is 2. The van der Waals surface area contributed by atoms with Crippen LogP contribution >= 0.6 is 0 Å². The van der Waals surface area contributed by atoms with Gasteiger partial charge in [-0.15, -0.1) is 0 Å². The normalized spacial score (nSPS) is 21.2. The fraction of sp³-hybridized carbons (Fsp3) is 0.222. The van der Waals surface area contributed by atoms with Gasteiger partial charge in [0.05, 0.1) is 0 Å². The maximum absolute atomic E-state index is 6.03. The van der Waals surface area contributed by atoms with E-state index >= 15 is 0 Å². The molecule has 19 heavy (non-hydrogen) atoms. The Morgan fingerprint density at radius 1 is 0.842 bits per heavy atom. The Morgan fingerprint density at radius 3 is 1.79 bits per heavy atom. The molecule has 0 aromatic heterocycles. The molecule has 0 heterocycles. The van der Waals surface area contributed by atoms with Gasteiger partial charge < -0.3 is 5.73 Å². The molecular weight excluding hydrogens is 230 g/mol. The fourth-order valence-electron chi connectivity index (χ4n) is 2.98. The molecule has 1 heteroatoms. The predicted molar refractivity (Wildman–Crippen MR) is 80.0 cm³/mol. The second kappa shape index (κ2) is 5.02. The molecule has 2 aromatic carbocycles. The van der Waals surface area contributed by atoms with Gasteiger partial charge in [-0.25, -0.2) is 0 Å². The van der Waals surface area contributed by atoms with Crippen LogP contribution in [0.3, 0.4) is 0 Å². The van der Waals surface area contributed by atoms with Crippen LogP contribution in [0, 0.1) is 0 Å². The van der Waals surface area contributed by atoms with E-state index in [0.29, 0.717) is 0 Å². The lowest BCUT2D eigenvalue weighted by Crippen LogP contribution is -2.33. The summed E-state index contributed by atoms with van der Waals surface area (Å²) in [4.78, 5) is 0. The molecule has 0 saturated carbocycles. The van der Waals surface area contributed by atoms with Crippen molar-refractivity contribution in [2.24, 2.45) is 5.73 Å². The van der Waals surface area contributed by atoms with Crippen LogP contribution in [-0.4, -0.2) is 6.04 Å². The van der Waals surface area contributed by atoms with Crippen molar-refractivity contribution in [2.75, 3.05) is 0 Å². The maximum Gasteiger partial charge on any atom is 0.0383 e. The van der Waals surface area contributed by atoms with Crippen LogP contribution in [-0.2, 0) is 5.41 Å². The van der Waals surface area contributed by atoms with E-state index in [2.05, 4.69) is 72.8 Å². The van der Waals surface area contributed by atoms with Gasteiger partial charge in [-0.3, -0.25) is 0 Å². The topological polar surface area (TPSA) is 26.0 Å². The first-order valence-electron chi connectivity index (χ1n) is 6.87. The van der Waals surface area contributed by atoms with Crippen molar-refractivity contribution >= 4 is 0 Å². The van der Waals surface area contributed by atoms with Gasteiger partial charge in [0.25, 0.3) is 0 Å². The molecule has 0 radical (unpaired) electrons. The van der Waals surface area contributed by atoms with Crippen molar-refractivity contribution in [3.05, 3.63) is 83.9 Å². The zero-order valence-electron chi connectivity index (χ0n) is 11.0. The summed E-state index contributed by atoms with van der Waals surface area (Å²) in [7, 11) is 0. The number of hydrogen-bond acceptors (Lipinski definition) is 1. The molecule has 0 spiro atoms. The average Bonchev–Trinajstić information content (AvgIpc) is 2.50. The van der Waals surface area contributed by atoms with E-state index in [-0.39, 0.29) is 11.5 Å². The molecule has 1 aliphatic rings. The molecule has 1 nitrogen and oxygen atoms in total. The van der Waals surface area contributed by atoms with Crippen molar-refractivity contribution in [1.82, 2.24) is 0 Å². The van der Waals surface area contributed by atoms with Crippen LogP contribution in [0.4, 0.5) is 0 Å². The highest BCUT2D eigenvalue weighted by Gasteiger charge is 2.33. The predicted octanol–water partition coefficient (Wildman–Crippen LogP) is 3.65. The first-order chi connectivity index (χ1) is 9.31. The Balaban J connectivity index is 2.15. The third kappa shape index (κ3) is 2.22. The first kappa shape index (κ1) is 12.2. The van der Waals surface area contributed by atoms with Gasteiger partial charge in [0.15, 0.2) is 0 Å². The summed E-state index contributed by atoms with van der Waals surface area (Å²) in [5.41, 5.74) is 8.71. The second-order valence-corrected chi connectivity index (χ2v) is 5.27. The fourth-order valence-corrected chi connectivity index (χ4v) is 2.98. The number of allylic oxidation sites excluding steroid dienone is 1. The third-order valence-electron chi connectivity index (χ3n) is 4.08. The van der Waals surface area contributed by atoms with Gasteiger partial charge in [-0.1, -0.05) is 72.8 Å². The standard InChI is InChI=1S/C18H19N/c19-17-11-13-18(14-12-17,15-7-3-1-4-8-15)16-9-5-2-6-10-16/h1-11,13,17H,12,14,19H2. The van der Waals surface area contributed by atoms with E-state index in [1.165, 1.54) is 11.1 Å². The second-order valence-electron chi connectivity index (χ2n) is 5.27. The highest BCUT2D eigenvalue weighted by atomic mass is 14.6. The monoisotopic (exact) mass is 249 g/mol. The molecule has 1 atom stereocenters. The quantitative estimate of drug-likeness (QED) is 0.808. The molecule has 0 fully saturated rings. The van der Waals surface area contributed by atoms with Crippen LogP contribution in [0.5, 0.6) is 0 Å². The minimum absolute atomic E-state index is 0.0155. The lowest BCUT2D eigenvalue weighted by molar-refractivity contribution is 0.499. The Bertz CT molecular complexity index is 517. The van der Waals surface area contributed by atoms with Gasteiger partial charge >= 0.3 is 0 Å². The Morgan fingerprint density at radius 2 is 1.37 bits per heavy atom. The highest BCUT2D eigenvalue weighted by Crippen LogP contribution is 2.40. The van der Waals surface area contributed by atoms with Crippen molar-refractivity contribution in [2.45, 2.75) is 24.3 Å². The molecule has 0 aliphatic heterocycles. The average molecular weight is 249 g/mol. The molecule has 96 valence electrons. The summed E-state index contributed by atoms with van der Waals surface area (Å²) >= 11 is 0. The van der Waals surface area contributed by atoms with E-state index in [1.807, 2.05) is 0 Å². The van der Waals surface area contributed by atoms with Gasteiger partial charge in [0.2, 0.25) is 0 Å². The van der Waals surface area contributed by atoms with Crippen LogP contribution in [0.1, 0.15) is 24.0 Å². The molecule has 3 rings (SSSR count). The van der Waals surface area contributed by atoms with Crippen molar-refractivity contribution in [3.63, 3.8) is 0 Å². The van der Waals surface area contributed by atoms with E-state index in [9.17, 15) is 0 Å². The number of nitrogens with two attached hydrogens (primary N) is 1. The summed E-state index contributed by atoms with van der Waals surface area (Å²) < 4.78 is 0. The van der Waals surface area contributed by atoms with Gasteiger partial charge in [-0.2, -0.15) is 0 Å². The zero-order valence-corrected chi connectivity index (χ0v) is 11.0. The summed E-state index contributed by atoms with van der Waals surface area (Å²) in [5, 5.41) is 0. The number of rotatable bonds is 2. The van der Waals surface area contributed by atoms with Crippen molar-refractivity contribution in [1.29, 1.82) is 0 Å². The third-order valence-corrected chi connectivity index (χ3v) is 4.08. The van der Waals surface area contributed by atoms with E-state index < -0.39 is 0 Å². The van der Waals surface area contributed by atoms with E-state index in [1.54, 1.807) is 0 Å². The molecular formula is C18H19N. The molecule has 0 saturated heterocycles. The molecule has 1 aliphatic carbocycles. The van der Waals surface area contributed by atoms with E-state index in [4.69, 9.17) is 5.73 Å². The molecule has 0 amide bonds. The summed E-state index contributed by atoms with van der Waals surface area (Å²) in [5.74, 6) is 0. The van der Waals surface area contributed by atoms with Crippen molar-refractivity contribution < 1.29 is 0 Å². The summed E-state index contributed by atoms with van der Waals surface area (Å²) in [6.07, 6.45) is 6.55. The van der Waals surface area contributed by atoms with Crippen LogP contribution in [0.2, 0.25) is 0 Å². The zero-order chi connectivity index (χ0) is 13.1. The minimum atomic E-state index is -0.0155. The number of hydrogen-bond donors (Lipinski definition) is 1. The lowest BCUT2D eigenvalue weighted by Gasteiger charge is -2.36. The summed E-state index contributed by atoms with van der Waals surface area (Å²) in [6.45, 7) is 0. The summed E-state index contributed by atoms with van der Waals surface area (Å²) in [6, 6.07) is 21.7. The Labute approximate surface area is 114 Å². The van der Waals surface area contributed by atoms with E-state index in [0.717, 1.165) is 12.8 Å². The molecule has 0 bridgehead atoms.